The summed E-state index contributed by atoms with van der Waals surface area (Å²) < 4.78 is 2.42. The summed E-state index contributed by atoms with van der Waals surface area (Å²) in [5.74, 6) is -0.506. The number of para-hydroxylation sites is 1. The number of carbonyl (C=O) groups is 1. The van der Waals surface area contributed by atoms with Gasteiger partial charge in [-0.1, -0.05) is 18.2 Å². The van der Waals surface area contributed by atoms with Gasteiger partial charge in [0, 0.05) is 6.54 Å². The van der Waals surface area contributed by atoms with Crippen molar-refractivity contribution < 1.29 is 9.90 Å². The summed E-state index contributed by atoms with van der Waals surface area (Å²) in [7, 11) is 0. The van der Waals surface area contributed by atoms with Crippen LogP contribution in [-0.4, -0.2) is 20.6 Å². The van der Waals surface area contributed by atoms with Crippen molar-refractivity contribution in [1.82, 2.24) is 9.55 Å². The highest BCUT2D eigenvalue weighted by molar-refractivity contribution is 9.11. The number of benzene rings is 1. The fraction of sp³-hybridized carbons (Fsp3) is 0.118. The Morgan fingerprint density at radius 1 is 1.33 bits per heavy atom. The lowest BCUT2D eigenvalue weighted by Crippen LogP contribution is -2.25. The van der Waals surface area contributed by atoms with Gasteiger partial charge < -0.3 is 5.11 Å². The van der Waals surface area contributed by atoms with Crippen LogP contribution in [-0.2, 0) is 11.3 Å². The van der Waals surface area contributed by atoms with E-state index in [1.54, 1.807) is 35.6 Å². The zero-order chi connectivity index (χ0) is 17.1. The largest absolute Gasteiger partial charge is 0.481 e. The molecule has 7 heteroatoms. The lowest BCUT2D eigenvalue weighted by Gasteiger charge is -2.10. The van der Waals surface area contributed by atoms with Gasteiger partial charge in [-0.2, -0.15) is 0 Å². The average Bonchev–Trinajstić information content (AvgIpc) is 2.97. The molecule has 5 nitrogen and oxygen atoms in total. The van der Waals surface area contributed by atoms with Gasteiger partial charge in [-0.15, -0.1) is 11.3 Å². The van der Waals surface area contributed by atoms with Crippen LogP contribution in [0.25, 0.3) is 23.1 Å². The highest BCUT2D eigenvalue weighted by Crippen LogP contribution is 2.22. The topological polar surface area (TPSA) is 72.2 Å². The molecule has 1 N–H and O–H groups in total. The molecule has 0 saturated carbocycles. The molecule has 0 atom stereocenters. The maximum atomic E-state index is 12.7. The third-order valence-electron chi connectivity index (χ3n) is 3.45. The van der Waals surface area contributed by atoms with Crippen molar-refractivity contribution in [3.05, 3.63) is 61.2 Å². The van der Waals surface area contributed by atoms with Gasteiger partial charge in [0.2, 0.25) is 0 Å². The van der Waals surface area contributed by atoms with E-state index in [0.29, 0.717) is 16.7 Å². The first-order chi connectivity index (χ1) is 11.5. The van der Waals surface area contributed by atoms with E-state index >= 15 is 0 Å². The van der Waals surface area contributed by atoms with E-state index in [4.69, 9.17) is 5.11 Å². The van der Waals surface area contributed by atoms with Gasteiger partial charge in [-0.05, 0) is 51.1 Å². The third kappa shape index (κ3) is 3.63. The van der Waals surface area contributed by atoms with E-state index in [9.17, 15) is 9.59 Å². The van der Waals surface area contributed by atoms with Crippen molar-refractivity contribution in [2.24, 2.45) is 0 Å². The standard InChI is InChI=1S/C17H13BrN2O3S/c18-14-9-11(10-24-14)5-6-15-19-13-4-2-1-3-12(13)17(23)20(15)8-7-16(21)22/h1-6,9-10H,7-8H2,(H,21,22)/b6-5+. The van der Waals surface area contributed by atoms with Crippen molar-refractivity contribution in [1.29, 1.82) is 0 Å². The Morgan fingerprint density at radius 3 is 2.83 bits per heavy atom. The molecule has 1 aromatic carbocycles. The lowest BCUT2D eigenvalue weighted by molar-refractivity contribution is -0.137. The van der Waals surface area contributed by atoms with Crippen LogP contribution in [0.2, 0.25) is 0 Å². The van der Waals surface area contributed by atoms with E-state index in [1.807, 2.05) is 23.6 Å². The molecule has 0 aliphatic carbocycles. The predicted molar refractivity (Wildman–Crippen MR) is 99.2 cm³/mol. The van der Waals surface area contributed by atoms with E-state index < -0.39 is 5.97 Å². The smallest absolute Gasteiger partial charge is 0.305 e. The summed E-state index contributed by atoms with van der Waals surface area (Å²) in [5, 5.41) is 11.4. The molecule has 0 aliphatic heterocycles. The van der Waals surface area contributed by atoms with Crippen molar-refractivity contribution in [2.75, 3.05) is 0 Å². The van der Waals surface area contributed by atoms with Gasteiger partial charge in [0.05, 0.1) is 21.1 Å². The SMILES string of the molecule is O=C(O)CCn1c(/C=C/c2csc(Br)c2)nc2ccccc2c1=O. The third-order valence-corrected chi connectivity index (χ3v) is 4.98. The molecule has 0 saturated heterocycles. The average molecular weight is 405 g/mol. The highest BCUT2D eigenvalue weighted by Gasteiger charge is 2.10. The summed E-state index contributed by atoms with van der Waals surface area (Å²) >= 11 is 4.97. The van der Waals surface area contributed by atoms with Gasteiger partial charge in [0.1, 0.15) is 5.82 Å². The Labute approximate surface area is 150 Å². The Morgan fingerprint density at radius 2 is 2.12 bits per heavy atom. The molecule has 0 spiro atoms. The Kier molecular flexibility index (Phi) is 4.92. The van der Waals surface area contributed by atoms with E-state index in [1.165, 1.54) is 4.57 Å². The maximum Gasteiger partial charge on any atom is 0.305 e. The van der Waals surface area contributed by atoms with Crippen molar-refractivity contribution in [3.8, 4) is 0 Å². The summed E-state index contributed by atoms with van der Waals surface area (Å²) in [6.45, 7) is 0.0823. The molecule has 24 heavy (non-hydrogen) atoms. The minimum atomic E-state index is -0.952. The second kappa shape index (κ2) is 7.11. The predicted octanol–water partition coefficient (Wildman–Crippen LogP) is 3.87. The molecule has 3 aromatic rings. The zero-order valence-corrected chi connectivity index (χ0v) is 14.9. The van der Waals surface area contributed by atoms with E-state index in [2.05, 4.69) is 20.9 Å². The van der Waals surface area contributed by atoms with Gasteiger partial charge in [-0.3, -0.25) is 14.2 Å². The molecule has 2 heterocycles. The number of rotatable bonds is 5. The number of halogens is 1. The number of hydrogen-bond donors (Lipinski definition) is 1. The number of aromatic nitrogens is 2. The van der Waals surface area contributed by atoms with Crippen LogP contribution in [0.4, 0.5) is 0 Å². The first kappa shape index (κ1) is 16.6. The maximum absolute atomic E-state index is 12.7. The van der Waals surface area contributed by atoms with E-state index in [0.717, 1.165) is 9.35 Å². The van der Waals surface area contributed by atoms with Crippen LogP contribution in [0.3, 0.4) is 0 Å². The quantitative estimate of drug-likeness (QED) is 0.700. The molecular weight excluding hydrogens is 392 g/mol. The zero-order valence-electron chi connectivity index (χ0n) is 12.5. The minimum Gasteiger partial charge on any atom is -0.481 e. The van der Waals surface area contributed by atoms with Crippen molar-refractivity contribution >= 4 is 56.3 Å². The Bertz CT molecular complexity index is 991. The van der Waals surface area contributed by atoms with E-state index in [-0.39, 0.29) is 18.5 Å². The molecule has 2 aromatic heterocycles. The first-order valence-electron chi connectivity index (χ1n) is 7.18. The van der Waals surface area contributed by atoms with Crippen LogP contribution in [0.5, 0.6) is 0 Å². The molecule has 0 radical (unpaired) electrons. The molecule has 3 rings (SSSR count). The molecular formula is C17H13BrN2O3S. The van der Waals surface area contributed by atoms with Crippen LogP contribution in [0.1, 0.15) is 17.8 Å². The Balaban J connectivity index is 2.09. The molecule has 0 aliphatic rings. The number of aliphatic carboxylic acids is 1. The Hall–Kier alpha value is -2.25. The van der Waals surface area contributed by atoms with Gasteiger partial charge >= 0.3 is 5.97 Å². The summed E-state index contributed by atoms with van der Waals surface area (Å²) in [4.78, 5) is 28.1. The lowest BCUT2D eigenvalue weighted by atomic mass is 10.2. The first-order valence-corrected chi connectivity index (χ1v) is 8.85. The summed E-state index contributed by atoms with van der Waals surface area (Å²) in [6.07, 6.45) is 3.46. The fourth-order valence-corrected chi connectivity index (χ4v) is 3.46. The number of thiophene rings is 1. The highest BCUT2D eigenvalue weighted by atomic mass is 79.9. The summed E-state index contributed by atoms with van der Waals surface area (Å²) in [6, 6.07) is 9.02. The molecule has 0 unspecified atom stereocenters. The van der Waals surface area contributed by atoms with Crippen molar-refractivity contribution in [3.63, 3.8) is 0 Å². The number of carboxylic acids is 1. The number of fused-ring (bicyclic) bond motifs is 1. The monoisotopic (exact) mass is 404 g/mol. The second-order valence-corrected chi connectivity index (χ2v) is 7.40. The van der Waals surface area contributed by atoms with Crippen LogP contribution in [0, 0.1) is 0 Å². The summed E-state index contributed by atoms with van der Waals surface area (Å²) in [5.41, 5.74) is 1.35. The number of hydrogen-bond acceptors (Lipinski definition) is 4. The second-order valence-electron chi connectivity index (χ2n) is 5.11. The van der Waals surface area contributed by atoms with Gasteiger partial charge in [0.15, 0.2) is 0 Å². The number of carboxylic acid groups (broad SMARTS) is 1. The van der Waals surface area contributed by atoms with Gasteiger partial charge in [0.25, 0.3) is 5.56 Å². The van der Waals surface area contributed by atoms with Gasteiger partial charge in [-0.25, -0.2) is 4.98 Å². The number of nitrogens with zero attached hydrogens (tertiary/aromatic N) is 2. The normalized spacial score (nSPS) is 11.4. The van der Waals surface area contributed by atoms with Crippen molar-refractivity contribution in [2.45, 2.75) is 13.0 Å². The molecule has 0 fully saturated rings. The van der Waals surface area contributed by atoms with Crippen LogP contribution < -0.4 is 5.56 Å². The molecule has 122 valence electrons. The fourth-order valence-electron chi connectivity index (χ4n) is 2.32. The molecule has 0 amide bonds. The molecule has 0 bridgehead atoms. The van der Waals surface area contributed by atoms with Crippen LogP contribution >= 0.6 is 27.3 Å². The van der Waals surface area contributed by atoms with Crippen LogP contribution in [0.15, 0.2) is 44.3 Å². The minimum absolute atomic E-state index is 0.0823.